The fourth-order valence-corrected chi connectivity index (χ4v) is 2.92. The summed E-state index contributed by atoms with van der Waals surface area (Å²) in [5.41, 5.74) is 8.45. The van der Waals surface area contributed by atoms with Crippen LogP contribution in [-0.2, 0) is 22.5 Å². The number of nitrogens with zero attached hydrogens (tertiary/aromatic N) is 1. The first kappa shape index (κ1) is 18.3. The van der Waals surface area contributed by atoms with Gasteiger partial charge < -0.3 is 15.0 Å². The second-order valence-electron chi connectivity index (χ2n) is 5.35. The smallest absolute Gasteiger partial charge is 0.340 e. The maximum absolute atomic E-state index is 12.4. The number of primary amides is 1. The molecule has 0 atom stereocenters. The highest BCUT2D eigenvalue weighted by molar-refractivity contribution is 9.10. The van der Waals surface area contributed by atoms with Crippen LogP contribution in [0, 0.1) is 0 Å². The van der Waals surface area contributed by atoms with Gasteiger partial charge in [0, 0.05) is 23.1 Å². The maximum Gasteiger partial charge on any atom is 0.340 e. The molecule has 0 saturated heterocycles. The van der Waals surface area contributed by atoms with Crippen molar-refractivity contribution < 1.29 is 14.3 Å². The molecule has 24 heavy (non-hydrogen) atoms. The summed E-state index contributed by atoms with van der Waals surface area (Å²) in [6.45, 7) is 4.54. The van der Waals surface area contributed by atoms with E-state index in [0.29, 0.717) is 18.7 Å². The second kappa shape index (κ2) is 8.15. The Morgan fingerprint density at radius 1 is 1.21 bits per heavy atom. The van der Waals surface area contributed by atoms with Gasteiger partial charge in [0.2, 0.25) is 5.91 Å². The Hall–Kier alpha value is -2.08. The zero-order valence-electron chi connectivity index (χ0n) is 13.8. The van der Waals surface area contributed by atoms with Gasteiger partial charge in [-0.15, -0.1) is 0 Å². The van der Waals surface area contributed by atoms with E-state index in [-0.39, 0.29) is 18.3 Å². The number of aryl methyl sites for hydroxylation is 1. The lowest BCUT2D eigenvalue weighted by Crippen LogP contribution is -2.16. The van der Waals surface area contributed by atoms with Crippen LogP contribution in [0.3, 0.4) is 0 Å². The number of ether oxygens (including phenoxy) is 1. The van der Waals surface area contributed by atoms with Crippen LogP contribution in [-0.4, -0.2) is 23.1 Å². The molecule has 0 bridgehead atoms. The molecule has 2 N–H and O–H groups in total. The van der Waals surface area contributed by atoms with Crippen molar-refractivity contribution in [3.8, 4) is 11.3 Å². The highest BCUT2D eigenvalue weighted by atomic mass is 79.9. The Morgan fingerprint density at radius 3 is 2.42 bits per heavy atom. The van der Waals surface area contributed by atoms with Gasteiger partial charge in [-0.05, 0) is 37.1 Å². The number of nitrogens with two attached hydrogens (primary N) is 1. The van der Waals surface area contributed by atoms with E-state index in [9.17, 15) is 9.59 Å². The van der Waals surface area contributed by atoms with Crippen LogP contribution in [0.15, 0.2) is 34.8 Å². The third kappa shape index (κ3) is 4.06. The first-order chi connectivity index (χ1) is 11.5. The van der Waals surface area contributed by atoms with E-state index < -0.39 is 0 Å². The van der Waals surface area contributed by atoms with Gasteiger partial charge in [0.25, 0.3) is 0 Å². The van der Waals surface area contributed by atoms with Gasteiger partial charge in [-0.3, -0.25) is 4.79 Å². The Morgan fingerprint density at radius 2 is 1.88 bits per heavy atom. The van der Waals surface area contributed by atoms with E-state index in [2.05, 4.69) is 15.9 Å². The van der Waals surface area contributed by atoms with Crippen LogP contribution >= 0.6 is 15.9 Å². The Labute approximate surface area is 149 Å². The summed E-state index contributed by atoms with van der Waals surface area (Å²) in [4.78, 5) is 23.6. The normalized spacial score (nSPS) is 10.6. The number of hydrogen-bond acceptors (Lipinski definition) is 3. The van der Waals surface area contributed by atoms with Gasteiger partial charge in [0.15, 0.2) is 0 Å². The maximum atomic E-state index is 12.4. The van der Waals surface area contributed by atoms with E-state index >= 15 is 0 Å². The lowest BCUT2D eigenvalue weighted by atomic mass is 10.1. The van der Waals surface area contributed by atoms with Crippen molar-refractivity contribution >= 4 is 27.8 Å². The number of hydrogen-bond donors (Lipinski definition) is 1. The summed E-state index contributed by atoms with van der Waals surface area (Å²) in [6, 6.07) is 9.55. The zero-order chi connectivity index (χ0) is 17.7. The highest BCUT2D eigenvalue weighted by Gasteiger charge is 2.22. The van der Waals surface area contributed by atoms with Crippen molar-refractivity contribution in [2.45, 2.75) is 33.2 Å². The Balaban J connectivity index is 2.60. The van der Waals surface area contributed by atoms with Crippen LogP contribution in [0.2, 0.25) is 0 Å². The van der Waals surface area contributed by atoms with Crippen molar-refractivity contribution in [1.29, 1.82) is 0 Å². The summed E-state index contributed by atoms with van der Waals surface area (Å²) in [6.07, 6.45) is 0.954. The van der Waals surface area contributed by atoms with E-state index in [1.807, 2.05) is 41.8 Å². The van der Waals surface area contributed by atoms with Gasteiger partial charge in [0.1, 0.15) is 0 Å². The Kier molecular flexibility index (Phi) is 6.20. The highest BCUT2D eigenvalue weighted by Crippen LogP contribution is 2.30. The van der Waals surface area contributed by atoms with Crippen LogP contribution in [0.1, 0.15) is 36.3 Å². The molecule has 1 heterocycles. The summed E-state index contributed by atoms with van der Waals surface area (Å²) < 4.78 is 8.14. The lowest BCUT2D eigenvalue weighted by Gasteiger charge is -2.13. The molecule has 2 rings (SSSR count). The van der Waals surface area contributed by atoms with Crippen LogP contribution in [0.5, 0.6) is 0 Å². The molecule has 0 aliphatic rings. The molecule has 0 fully saturated rings. The predicted molar refractivity (Wildman–Crippen MR) is 96.7 cm³/mol. The number of rotatable bonds is 7. The van der Waals surface area contributed by atoms with Crippen LogP contribution in [0.4, 0.5) is 0 Å². The van der Waals surface area contributed by atoms with Crippen molar-refractivity contribution in [2.24, 2.45) is 5.73 Å². The predicted octanol–water partition coefficient (Wildman–Crippen LogP) is 3.53. The fraction of sp³-hybridized carbons (Fsp3) is 0.333. The second-order valence-corrected chi connectivity index (χ2v) is 6.26. The number of halogens is 1. The first-order valence-electron chi connectivity index (χ1n) is 7.91. The molecule has 1 amide bonds. The standard InChI is InChI=1S/C18H21BrN2O3/c1-3-14-11-15(18(23)24-4-2)17(21(14)10-9-16(20)22)12-5-7-13(19)8-6-12/h5-8,11H,3-4,9-10H2,1-2H3,(H2,20,22). The molecule has 0 saturated carbocycles. The van der Waals surface area contributed by atoms with E-state index in [4.69, 9.17) is 10.5 Å². The number of carbonyl (C=O) groups is 2. The lowest BCUT2D eigenvalue weighted by molar-refractivity contribution is -0.118. The van der Waals surface area contributed by atoms with Gasteiger partial charge >= 0.3 is 5.97 Å². The van der Waals surface area contributed by atoms with E-state index in [1.165, 1.54) is 0 Å². The largest absolute Gasteiger partial charge is 0.462 e. The summed E-state index contributed by atoms with van der Waals surface area (Å²) >= 11 is 3.42. The molecule has 2 aromatic rings. The number of amides is 1. The average Bonchev–Trinajstić information content (AvgIpc) is 2.92. The summed E-state index contributed by atoms with van der Waals surface area (Å²) in [5.74, 6) is -0.729. The van der Waals surface area contributed by atoms with Crippen LogP contribution < -0.4 is 5.73 Å². The van der Waals surface area contributed by atoms with Crippen molar-refractivity contribution in [3.05, 3.63) is 46.1 Å². The molecule has 0 spiro atoms. The van der Waals surface area contributed by atoms with Gasteiger partial charge in [0.05, 0.1) is 17.9 Å². The molecule has 128 valence electrons. The third-order valence-electron chi connectivity index (χ3n) is 3.74. The Bertz CT molecular complexity index is 735. The molecule has 1 aromatic heterocycles. The van der Waals surface area contributed by atoms with Gasteiger partial charge in [-0.1, -0.05) is 35.0 Å². The number of esters is 1. The average molecular weight is 393 g/mol. The van der Waals surface area contributed by atoms with Crippen molar-refractivity contribution in [1.82, 2.24) is 4.57 Å². The molecule has 0 radical (unpaired) electrons. The molecule has 0 aliphatic heterocycles. The fourth-order valence-electron chi connectivity index (χ4n) is 2.66. The molecule has 0 aliphatic carbocycles. The SMILES string of the molecule is CCOC(=O)c1cc(CC)n(CCC(N)=O)c1-c1ccc(Br)cc1. The minimum Gasteiger partial charge on any atom is -0.462 e. The molecule has 1 aromatic carbocycles. The quantitative estimate of drug-likeness (QED) is 0.732. The number of benzene rings is 1. The van der Waals surface area contributed by atoms with Gasteiger partial charge in [-0.25, -0.2) is 4.79 Å². The van der Waals surface area contributed by atoms with E-state index in [1.54, 1.807) is 6.92 Å². The monoisotopic (exact) mass is 392 g/mol. The van der Waals surface area contributed by atoms with Crippen LogP contribution in [0.25, 0.3) is 11.3 Å². The summed E-state index contributed by atoms with van der Waals surface area (Å²) in [7, 11) is 0. The third-order valence-corrected chi connectivity index (χ3v) is 4.27. The number of carbonyl (C=O) groups excluding carboxylic acids is 2. The molecular weight excluding hydrogens is 372 g/mol. The van der Waals surface area contributed by atoms with Gasteiger partial charge in [-0.2, -0.15) is 0 Å². The minimum atomic E-state index is -0.370. The molecule has 6 heteroatoms. The first-order valence-corrected chi connectivity index (χ1v) is 8.71. The molecule has 0 unspecified atom stereocenters. The summed E-state index contributed by atoms with van der Waals surface area (Å²) in [5, 5.41) is 0. The molecule has 5 nitrogen and oxygen atoms in total. The topological polar surface area (TPSA) is 74.3 Å². The minimum absolute atomic E-state index is 0.216. The van der Waals surface area contributed by atoms with Crippen molar-refractivity contribution in [3.63, 3.8) is 0 Å². The van der Waals surface area contributed by atoms with E-state index in [0.717, 1.165) is 27.8 Å². The number of aromatic nitrogens is 1. The molecular formula is C18H21BrN2O3. The zero-order valence-corrected chi connectivity index (χ0v) is 15.4. The van der Waals surface area contributed by atoms with Crippen molar-refractivity contribution in [2.75, 3.05) is 6.61 Å².